The Morgan fingerprint density at radius 2 is 1.76 bits per heavy atom. The van der Waals surface area contributed by atoms with Crippen LogP contribution in [0.5, 0.6) is 0 Å². The lowest BCUT2D eigenvalue weighted by molar-refractivity contribution is 0.526. The van der Waals surface area contributed by atoms with E-state index in [-0.39, 0.29) is 0 Å². The maximum Gasteiger partial charge on any atom is 0.247 e. The SMILES string of the molecule is CC(C)CCC(C)Nc1cnc(Nc2ccccc2)nn1. The molecule has 1 aromatic carbocycles. The van der Waals surface area contributed by atoms with Gasteiger partial charge in [-0.2, -0.15) is 0 Å². The summed E-state index contributed by atoms with van der Waals surface area (Å²) >= 11 is 0. The van der Waals surface area contributed by atoms with Crippen molar-refractivity contribution in [1.29, 1.82) is 0 Å². The average molecular weight is 285 g/mol. The van der Waals surface area contributed by atoms with Crippen molar-refractivity contribution in [3.63, 3.8) is 0 Å². The molecule has 0 aliphatic carbocycles. The molecule has 0 aliphatic heterocycles. The standard InChI is InChI=1S/C16H23N5/c1-12(2)9-10-13(3)18-15-11-17-16(21-20-15)19-14-7-5-4-6-8-14/h4-8,11-13H,9-10H2,1-3H3,(H,18,20)(H,17,19,21). The molecule has 1 atom stereocenters. The normalized spacial score (nSPS) is 12.2. The molecule has 2 N–H and O–H groups in total. The van der Waals surface area contributed by atoms with E-state index in [4.69, 9.17) is 0 Å². The maximum atomic E-state index is 4.28. The number of benzene rings is 1. The Morgan fingerprint density at radius 1 is 1.00 bits per heavy atom. The Bertz CT molecular complexity index is 524. The lowest BCUT2D eigenvalue weighted by Crippen LogP contribution is -2.17. The van der Waals surface area contributed by atoms with Gasteiger partial charge < -0.3 is 10.6 Å². The fraction of sp³-hybridized carbons (Fsp3) is 0.438. The van der Waals surface area contributed by atoms with Crippen molar-refractivity contribution in [1.82, 2.24) is 15.2 Å². The van der Waals surface area contributed by atoms with Crippen molar-refractivity contribution in [2.75, 3.05) is 10.6 Å². The molecule has 2 aromatic rings. The molecule has 1 heterocycles. The quantitative estimate of drug-likeness (QED) is 0.809. The van der Waals surface area contributed by atoms with Gasteiger partial charge in [-0.05, 0) is 37.8 Å². The fourth-order valence-electron chi connectivity index (χ4n) is 1.96. The number of anilines is 3. The lowest BCUT2D eigenvalue weighted by atomic mass is 10.0. The summed E-state index contributed by atoms with van der Waals surface area (Å²) in [5.41, 5.74) is 0.949. The van der Waals surface area contributed by atoms with Gasteiger partial charge in [-0.15, -0.1) is 10.2 Å². The molecule has 0 saturated heterocycles. The van der Waals surface area contributed by atoms with Gasteiger partial charge in [-0.25, -0.2) is 4.98 Å². The van der Waals surface area contributed by atoms with E-state index in [9.17, 15) is 0 Å². The maximum absolute atomic E-state index is 4.28. The predicted molar refractivity (Wildman–Crippen MR) is 86.7 cm³/mol. The zero-order valence-electron chi connectivity index (χ0n) is 12.9. The lowest BCUT2D eigenvalue weighted by Gasteiger charge is -2.15. The molecule has 0 bridgehead atoms. The Balaban J connectivity index is 1.87. The number of hydrogen-bond acceptors (Lipinski definition) is 5. The van der Waals surface area contributed by atoms with Crippen LogP contribution in [0.2, 0.25) is 0 Å². The molecule has 5 nitrogen and oxygen atoms in total. The minimum atomic E-state index is 0.372. The number of para-hydroxylation sites is 1. The van der Waals surface area contributed by atoms with Gasteiger partial charge in [0.05, 0.1) is 6.20 Å². The van der Waals surface area contributed by atoms with E-state index in [0.717, 1.165) is 18.0 Å². The van der Waals surface area contributed by atoms with E-state index in [1.54, 1.807) is 6.20 Å². The molecule has 5 heteroatoms. The van der Waals surface area contributed by atoms with E-state index < -0.39 is 0 Å². The smallest absolute Gasteiger partial charge is 0.247 e. The second kappa shape index (κ2) is 7.57. The highest BCUT2D eigenvalue weighted by atomic mass is 15.3. The molecule has 0 saturated carbocycles. The largest absolute Gasteiger partial charge is 0.365 e. The molecule has 1 unspecified atom stereocenters. The van der Waals surface area contributed by atoms with Crippen LogP contribution in [0.15, 0.2) is 36.5 Å². The van der Waals surface area contributed by atoms with Crippen LogP contribution in [0.3, 0.4) is 0 Å². The molecule has 112 valence electrons. The first-order valence-corrected chi connectivity index (χ1v) is 7.42. The molecule has 1 aromatic heterocycles. The van der Waals surface area contributed by atoms with Gasteiger partial charge in [-0.1, -0.05) is 32.0 Å². The van der Waals surface area contributed by atoms with Crippen LogP contribution in [0.1, 0.15) is 33.6 Å². The zero-order valence-corrected chi connectivity index (χ0v) is 12.9. The number of nitrogens with zero attached hydrogens (tertiary/aromatic N) is 3. The van der Waals surface area contributed by atoms with Crippen molar-refractivity contribution in [3.8, 4) is 0 Å². The molecule has 0 spiro atoms. The number of nitrogens with one attached hydrogen (secondary N) is 2. The van der Waals surface area contributed by atoms with E-state index in [0.29, 0.717) is 17.8 Å². The Labute approximate surface area is 126 Å². The highest BCUT2D eigenvalue weighted by molar-refractivity contribution is 5.52. The van der Waals surface area contributed by atoms with Crippen LogP contribution in [0.25, 0.3) is 0 Å². The van der Waals surface area contributed by atoms with Crippen LogP contribution < -0.4 is 10.6 Å². The number of rotatable bonds is 7. The van der Waals surface area contributed by atoms with Crippen LogP contribution in [0.4, 0.5) is 17.5 Å². The Morgan fingerprint density at radius 3 is 2.38 bits per heavy atom. The van der Waals surface area contributed by atoms with Crippen molar-refractivity contribution in [2.45, 2.75) is 39.7 Å². The van der Waals surface area contributed by atoms with Gasteiger partial charge in [0, 0.05) is 11.7 Å². The summed E-state index contributed by atoms with van der Waals surface area (Å²) in [6.07, 6.45) is 4.02. The summed E-state index contributed by atoms with van der Waals surface area (Å²) in [6.45, 7) is 6.62. The zero-order chi connectivity index (χ0) is 15.1. The van der Waals surface area contributed by atoms with Crippen LogP contribution in [-0.4, -0.2) is 21.2 Å². The van der Waals surface area contributed by atoms with Gasteiger partial charge >= 0.3 is 0 Å². The van der Waals surface area contributed by atoms with E-state index in [1.165, 1.54) is 6.42 Å². The molecular formula is C16H23N5. The highest BCUT2D eigenvalue weighted by Crippen LogP contribution is 2.13. The summed E-state index contributed by atoms with van der Waals surface area (Å²) in [5.74, 6) is 1.93. The Hall–Kier alpha value is -2.17. The summed E-state index contributed by atoms with van der Waals surface area (Å²) < 4.78 is 0. The van der Waals surface area contributed by atoms with Crippen LogP contribution in [0, 0.1) is 5.92 Å². The summed E-state index contributed by atoms with van der Waals surface area (Å²) in [5, 5.41) is 14.7. The number of hydrogen-bond donors (Lipinski definition) is 2. The molecule has 0 aliphatic rings. The first kappa shape index (κ1) is 15.2. The fourth-order valence-corrected chi connectivity index (χ4v) is 1.96. The molecule has 0 radical (unpaired) electrons. The third kappa shape index (κ3) is 5.38. The van der Waals surface area contributed by atoms with Gasteiger partial charge in [0.25, 0.3) is 0 Å². The Kier molecular flexibility index (Phi) is 5.49. The predicted octanol–water partition coefficient (Wildman–Crippen LogP) is 3.85. The second-order valence-electron chi connectivity index (χ2n) is 5.67. The molecule has 2 rings (SSSR count). The van der Waals surface area contributed by atoms with Crippen LogP contribution >= 0.6 is 0 Å². The first-order chi connectivity index (χ1) is 10.1. The molecular weight excluding hydrogens is 262 g/mol. The van der Waals surface area contributed by atoms with Crippen molar-refractivity contribution in [3.05, 3.63) is 36.5 Å². The average Bonchev–Trinajstić information content (AvgIpc) is 2.48. The summed E-state index contributed by atoms with van der Waals surface area (Å²) in [7, 11) is 0. The third-order valence-corrected chi connectivity index (χ3v) is 3.16. The summed E-state index contributed by atoms with van der Waals surface area (Å²) in [6, 6.07) is 10.2. The molecule has 0 fully saturated rings. The van der Waals surface area contributed by atoms with Gasteiger partial charge in [0.1, 0.15) is 0 Å². The second-order valence-corrected chi connectivity index (χ2v) is 5.67. The third-order valence-electron chi connectivity index (χ3n) is 3.16. The number of aromatic nitrogens is 3. The highest BCUT2D eigenvalue weighted by Gasteiger charge is 2.06. The molecule has 21 heavy (non-hydrogen) atoms. The van der Waals surface area contributed by atoms with Gasteiger partial charge in [-0.3, -0.25) is 0 Å². The van der Waals surface area contributed by atoms with Crippen molar-refractivity contribution in [2.24, 2.45) is 5.92 Å². The van der Waals surface area contributed by atoms with E-state index in [2.05, 4.69) is 46.6 Å². The first-order valence-electron chi connectivity index (χ1n) is 7.42. The van der Waals surface area contributed by atoms with Crippen molar-refractivity contribution >= 4 is 17.5 Å². The van der Waals surface area contributed by atoms with E-state index in [1.807, 2.05) is 30.3 Å². The minimum Gasteiger partial charge on any atom is -0.365 e. The van der Waals surface area contributed by atoms with Crippen molar-refractivity contribution < 1.29 is 0 Å². The topological polar surface area (TPSA) is 62.7 Å². The minimum absolute atomic E-state index is 0.372. The summed E-state index contributed by atoms with van der Waals surface area (Å²) in [4.78, 5) is 4.28. The van der Waals surface area contributed by atoms with E-state index >= 15 is 0 Å². The monoisotopic (exact) mass is 285 g/mol. The van der Waals surface area contributed by atoms with Crippen LogP contribution in [-0.2, 0) is 0 Å². The molecule has 0 amide bonds. The van der Waals surface area contributed by atoms with Gasteiger partial charge in [0.2, 0.25) is 5.95 Å². The van der Waals surface area contributed by atoms with Gasteiger partial charge in [0.15, 0.2) is 5.82 Å².